The molecule has 1 aromatic rings. The van der Waals surface area contributed by atoms with Crippen LogP contribution in [0.3, 0.4) is 0 Å². The molecule has 0 aromatic heterocycles. The largest absolute Gasteiger partial charge is 0.396 e. The van der Waals surface area contributed by atoms with E-state index in [1.165, 1.54) is 0 Å². The van der Waals surface area contributed by atoms with E-state index in [2.05, 4.69) is 0 Å². The second-order valence-electron chi connectivity index (χ2n) is 6.32. The van der Waals surface area contributed by atoms with Crippen LogP contribution in [0, 0.1) is 0 Å². The normalized spacial score (nSPS) is 22.0. The average Bonchev–Trinajstić information content (AvgIpc) is 3.35. The van der Waals surface area contributed by atoms with Gasteiger partial charge < -0.3 is 9.84 Å². The van der Waals surface area contributed by atoms with Gasteiger partial charge in [-0.3, -0.25) is 0 Å². The van der Waals surface area contributed by atoms with Crippen LogP contribution in [0.5, 0.6) is 0 Å². The highest BCUT2D eigenvalue weighted by Gasteiger charge is 2.66. The Morgan fingerprint density at radius 2 is 1.67 bits per heavy atom. The summed E-state index contributed by atoms with van der Waals surface area (Å²) in [6, 6.07) is 9.79. The van der Waals surface area contributed by atoms with Crippen molar-refractivity contribution < 1.29 is 18.3 Å². The van der Waals surface area contributed by atoms with Crippen LogP contribution in [-0.2, 0) is 21.2 Å². The second kappa shape index (κ2) is 5.38. The van der Waals surface area contributed by atoms with E-state index in [-0.39, 0.29) is 13.2 Å². The Hall–Kier alpha value is -0.910. The first-order valence-corrected chi connectivity index (χ1v) is 9.00. The van der Waals surface area contributed by atoms with Gasteiger partial charge in [0.25, 0.3) is 0 Å². The molecule has 2 saturated carbocycles. The summed E-state index contributed by atoms with van der Waals surface area (Å²) in [5.74, 6) is 0. The highest BCUT2D eigenvalue weighted by Crippen LogP contribution is 2.57. The maximum absolute atomic E-state index is 12.8. The zero-order chi connectivity index (χ0) is 15.0. The van der Waals surface area contributed by atoms with Crippen molar-refractivity contribution in [1.29, 1.82) is 0 Å². The topological polar surface area (TPSA) is 63.6 Å². The quantitative estimate of drug-likeness (QED) is 0.798. The Kier molecular flexibility index (Phi) is 3.84. The molecule has 21 heavy (non-hydrogen) atoms. The van der Waals surface area contributed by atoms with Crippen molar-refractivity contribution in [2.45, 2.75) is 48.2 Å². The first-order chi connectivity index (χ1) is 10.1. The molecule has 3 rings (SSSR count). The molecular weight excluding hydrogens is 288 g/mol. The van der Waals surface area contributed by atoms with Gasteiger partial charge in [0, 0.05) is 6.61 Å². The first-order valence-electron chi connectivity index (χ1n) is 7.52. The van der Waals surface area contributed by atoms with Gasteiger partial charge in [0.05, 0.1) is 22.7 Å². The maximum atomic E-state index is 12.8. The number of aliphatic hydroxyl groups is 1. The third kappa shape index (κ3) is 2.62. The van der Waals surface area contributed by atoms with E-state index in [0.29, 0.717) is 38.7 Å². The van der Waals surface area contributed by atoms with Gasteiger partial charge in [-0.1, -0.05) is 30.3 Å². The van der Waals surface area contributed by atoms with Gasteiger partial charge in [0.2, 0.25) is 0 Å². The summed E-state index contributed by atoms with van der Waals surface area (Å²) in [6.07, 6.45) is 3.14. The molecule has 0 heterocycles. The summed E-state index contributed by atoms with van der Waals surface area (Å²) in [5, 5.41) is 9.12. The predicted molar refractivity (Wildman–Crippen MR) is 80.7 cm³/mol. The predicted octanol–water partition coefficient (Wildman–Crippen LogP) is 2.07. The summed E-state index contributed by atoms with van der Waals surface area (Å²) < 4.78 is 30.0. The van der Waals surface area contributed by atoms with Crippen LogP contribution in [0.4, 0.5) is 0 Å². The zero-order valence-corrected chi connectivity index (χ0v) is 12.9. The molecule has 0 bridgehead atoms. The number of sulfone groups is 1. The number of ether oxygens (including phenoxy) is 1. The Morgan fingerprint density at radius 3 is 2.19 bits per heavy atom. The van der Waals surface area contributed by atoms with Gasteiger partial charge in [-0.2, -0.15) is 0 Å². The van der Waals surface area contributed by atoms with Crippen molar-refractivity contribution in [2.75, 3.05) is 13.2 Å². The molecule has 1 aromatic carbocycles. The minimum Gasteiger partial charge on any atom is -0.396 e. The number of hydrogen-bond donors (Lipinski definition) is 1. The first kappa shape index (κ1) is 15.0. The summed E-state index contributed by atoms with van der Waals surface area (Å²) in [6.45, 7) is 0.669. The molecule has 0 amide bonds. The molecule has 0 radical (unpaired) electrons. The monoisotopic (exact) mass is 310 g/mol. The molecular formula is C16H22O4S. The summed E-state index contributed by atoms with van der Waals surface area (Å²) in [5.41, 5.74) is 1.06. The molecule has 2 aliphatic rings. The van der Waals surface area contributed by atoms with Gasteiger partial charge in [-0.15, -0.1) is 0 Å². The third-order valence-corrected chi connectivity index (χ3v) is 8.22. The second-order valence-corrected chi connectivity index (χ2v) is 9.06. The summed E-state index contributed by atoms with van der Waals surface area (Å²) in [4.78, 5) is 0. The lowest BCUT2D eigenvalue weighted by Crippen LogP contribution is -2.39. The van der Waals surface area contributed by atoms with Crippen LogP contribution in [0.2, 0.25) is 0 Å². The maximum Gasteiger partial charge on any atom is 0.164 e. The molecule has 2 aliphatic carbocycles. The zero-order valence-electron chi connectivity index (χ0n) is 12.1. The fourth-order valence-electron chi connectivity index (χ4n) is 3.01. The Balaban J connectivity index is 1.62. The molecule has 5 heteroatoms. The van der Waals surface area contributed by atoms with E-state index in [4.69, 9.17) is 9.84 Å². The Labute approximate surface area is 126 Å². The standard InChI is InChI=1S/C16H22O4S/c17-11-10-15(6-7-15)21(18,19)16(8-9-16)13-20-12-14-4-2-1-3-5-14/h1-5,17H,6-13H2. The van der Waals surface area contributed by atoms with E-state index in [1.54, 1.807) is 0 Å². The van der Waals surface area contributed by atoms with Crippen molar-refractivity contribution in [2.24, 2.45) is 0 Å². The van der Waals surface area contributed by atoms with Crippen molar-refractivity contribution in [1.82, 2.24) is 0 Å². The fraction of sp³-hybridized carbons (Fsp3) is 0.625. The van der Waals surface area contributed by atoms with Gasteiger partial charge in [0.1, 0.15) is 0 Å². The van der Waals surface area contributed by atoms with Crippen molar-refractivity contribution >= 4 is 9.84 Å². The molecule has 4 nitrogen and oxygen atoms in total. The molecule has 0 aliphatic heterocycles. The number of benzene rings is 1. The van der Waals surface area contributed by atoms with Crippen molar-refractivity contribution in [3.05, 3.63) is 35.9 Å². The van der Waals surface area contributed by atoms with E-state index in [0.717, 1.165) is 5.56 Å². The number of rotatable bonds is 8. The SMILES string of the molecule is O=S(=O)(C1(CCO)CC1)C1(COCc2ccccc2)CC1. The van der Waals surface area contributed by atoms with Gasteiger partial charge >= 0.3 is 0 Å². The molecule has 0 unspecified atom stereocenters. The molecule has 0 saturated heterocycles. The van der Waals surface area contributed by atoms with E-state index in [1.807, 2.05) is 30.3 Å². The highest BCUT2D eigenvalue weighted by molar-refractivity contribution is 7.94. The number of aliphatic hydroxyl groups excluding tert-OH is 1. The van der Waals surface area contributed by atoms with Crippen LogP contribution in [0.1, 0.15) is 37.7 Å². The van der Waals surface area contributed by atoms with E-state index in [9.17, 15) is 8.42 Å². The average molecular weight is 310 g/mol. The fourth-order valence-corrected chi connectivity index (χ4v) is 5.81. The van der Waals surface area contributed by atoms with Gasteiger partial charge in [-0.05, 0) is 37.7 Å². The van der Waals surface area contributed by atoms with Crippen molar-refractivity contribution in [3.63, 3.8) is 0 Å². The lowest BCUT2D eigenvalue weighted by atomic mass is 10.2. The van der Waals surface area contributed by atoms with Crippen LogP contribution >= 0.6 is 0 Å². The van der Waals surface area contributed by atoms with Gasteiger partial charge in [-0.25, -0.2) is 8.42 Å². The van der Waals surface area contributed by atoms with Crippen LogP contribution in [0.15, 0.2) is 30.3 Å². The van der Waals surface area contributed by atoms with Crippen LogP contribution in [0.25, 0.3) is 0 Å². The third-order valence-electron chi connectivity index (χ3n) is 4.80. The number of hydrogen-bond acceptors (Lipinski definition) is 4. The van der Waals surface area contributed by atoms with E-state index < -0.39 is 19.3 Å². The van der Waals surface area contributed by atoms with Crippen LogP contribution < -0.4 is 0 Å². The molecule has 1 N–H and O–H groups in total. The summed E-state index contributed by atoms with van der Waals surface area (Å²) in [7, 11) is -3.22. The molecule has 2 fully saturated rings. The minimum absolute atomic E-state index is 0.0554. The molecule has 0 spiro atoms. The van der Waals surface area contributed by atoms with Crippen LogP contribution in [-0.4, -0.2) is 36.2 Å². The lowest BCUT2D eigenvalue weighted by molar-refractivity contribution is 0.116. The smallest absolute Gasteiger partial charge is 0.164 e. The lowest BCUT2D eigenvalue weighted by Gasteiger charge is -2.23. The Bertz CT molecular complexity index is 586. The molecule has 0 atom stereocenters. The van der Waals surface area contributed by atoms with Crippen molar-refractivity contribution in [3.8, 4) is 0 Å². The Morgan fingerprint density at radius 1 is 1.05 bits per heavy atom. The van der Waals surface area contributed by atoms with E-state index >= 15 is 0 Å². The minimum atomic E-state index is -3.22. The van der Waals surface area contributed by atoms with Gasteiger partial charge in [0.15, 0.2) is 9.84 Å². The highest BCUT2D eigenvalue weighted by atomic mass is 32.2. The summed E-state index contributed by atoms with van der Waals surface area (Å²) >= 11 is 0. The molecule has 116 valence electrons.